The predicted octanol–water partition coefficient (Wildman–Crippen LogP) is 2.42. The van der Waals surface area contributed by atoms with Crippen molar-refractivity contribution in [3.05, 3.63) is 27.2 Å². The van der Waals surface area contributed by atoms with Crippen LogP contribution in [0.4, 0.5) is 0 Å². The first-order valence-corrected chi connectivity index (χ1v) is 10.8. The first-order valence-electron chi connectivity index (χ1n) is 10.8. The molecule has 2 saturated carbocycles. The van der Waals surface area contributed by atoms with Gasteiger partial charge in [0.2, 0.25) is 0 Å². The molecule has 0 unspecified atom stereocenters. The highest BCUT2D eigenvalue weighted by atomic mass is 16.3. The second-order valence-corrected chi connectivity index (χ2v) is 9.00. The Bertz CT molecular complexity index is 956. The van der Waals surface area contributed by atoms with Crippen LogP contribution in [0.3, 0.4) is 0 Å². The summed E-state index contributed by atoms with van der Waals surface area (Å²) in [7, 11) is 1.70. The molecule has 4 rings (SSSR count). The second-order valence-electron chi connectivity index (χ2n) is 9.00. The van der Waals surface area contributed by atoms with E-state index in [-0.39, 0.29) is 17.2 Å². The van der Waals surface area contributed by atoms with Crippen molar-refractivity contribution in [2.75, 3.05) is 0 Å². The van der Waals surface area contributed by atoms with Crippen LogP contribution in [-0.4, -0.2) is 29.4 Å². The van der Waals surface area contributed by atoms with E-state index in [0.29, 0.717) is 23.6 Å². The van der Waals surface area contributed by atoms with Gasteiger partial charge >= 0.3 is 5.69 Å². The Labute approximate surface area is 165 Å². The topological polar surface area (TPSA) is 82.1 Å². The van der Waals surface area contributed by atoms with Crippen LogP contribution in [0.5, 0.6) is 0 Å². The summed E-state index contributed by atoms with van der Waals surface area (Å²) in [5.74, 6) is 0.841. The zero-order chi connectivity index (χ0) is 19.9. The van der Waals surface area contributed by atoms with Crippen molar-refractivity contribution in [3.63, 3.8) is 0 Å². The first-order chi connectivity index (χ1) is 13.4. The summed E-state index contributed by atoms with van der Waals surface area (Å²) in [6.45, 7) is 3.24. The fraction of sp³-hybridized carbons (Fsp3) is 0.762. The molecule has 2 aliphatic rings. The van der Waals surface area contributed by atoms with Crippen LogP contribution >= 0.6 is 0 Å². The van der Waals surface area contributed by atoms with Gasteiger partial charge in [0.1, 0.15) is 0 Å². The minimum absolute atomic E-state index is 0.218. The summed E-state index contributed by atoms with van der Waals surface area (Å²) in [6, 6.07) is 0. The Morgan fingerprint density at radius 2 is 1.75 bits per heavy atom. The smallest absolute Gasteiger partial charge is 0.332 e. The van der Waals surface area contributed by atoms with Gasteiger partial charge in [-0.05, 0) is 56.8 Å². The van der Waals surface area contributed by atoms with E-state index in [4.69, 9.17) is 0 Å². The lowest BCUT2D eigenvalue weighted by Crippen LogP contribution is -2.42. The van der Waals surface area contributed by atoms with Crippen molar-refractivity contribution < 1.29 is 5.11 Å². The number of aliphatic hydroxyl groups is 1. The minimum Gasteiger partial charge on any atom is -0.390 e. The second kappa shape index (κ2) is 7.50. The Kier molecular flexibility index (Phi) is 5.21. The number of rotatable bonds is 5. The average Bonchev–Trinajstić information content (AvgIpc) is 3.35. The maximum Gasteiger partial charge on any atom is 0.332 e. The SMILES string of the molecule is CCC1(O)CCC(Cn2c(=O)c3c(ncn3CC3CCCC3)n(C)c2=O)CC1. The molecule has 7 heteroatoms. The quantitative estimate of drug-likeness (QED) is 0.853. The lowest BCUT2D eigenvalue weighted by atomic mass is 9.77. The molecule has 28 heavy (non-hydrogen) atoms. The molecule has 154 valence electrons. The van der Waals surface area contributed by atoms with E-state index in [9.17, 15) is 14.7 Å². The van der Waals surface area contributed by atoms with Crippen LogP contribution in [0.1, 0.15) is 64.7 Å². The maximum absolute atomic E-state index is 13.3. The van der Waals surface area contributed by atoms with Gasteiger partial charge in [0.05, 0.1) is 11.9 Å². The normalized spacial score (nSPS) is 26.3. The fourth-order valence-electron chi connectivity index (χ4n) is 5.10. The molecule has 1 N–H and O–H groups in total. The third-order valence-electron chi connectivity index (χ3n) is 7.17. The average molecular weight is 389 g/mol. The summed E-state index contributed by atoms with van der Waals surface area (Å²) in [5, 5.41) is 10.5. The van der Waals surface area contributed by atoms with Crippen LogP contribution in [0.2, 0.25) is 0 Å². The number of nitrogens with zero attached hydrogens (tertiary/aromatic N) is 4. The minimum atomic E-state index is -0.573. The molecule has 2 fully saturated rings. The Balaban J connectivity index is 1.65. The van der Waals surface area contributed by atoms with E-state index < -0.39 is 5.60 Å². The van der Waals surface area contributed by atoms with E-state index in [2.05, 4.69) is 4.98 Å². The van der Waals surface area contributed by atoms with Crippen LogP contribution < -0.4 is 11.2 Å². The standard InChI is InChI=1S/C21H32N4O3/c1-3-21(28)10-8-16(9-11-21)13-25-19(26)17-18(23(2)20(25)27)22-14-24(17)12-15-6-4-5-7-15/h14-16,28H,3-13H2,1-2H3. The lowest BCUT2D eigenvalue weighted by molar-refractivity contribution is -0.0146. The molecule has 0 radical (unpaired) electrons. The molecular weight excluding hydrogens is 356 g/mol. The number of aromatic nitrogens is 4. The maximum atomic E-state index is 13.3. The lowest BCUT2D eigenvalue weighted by Gasteiger charge is -2.35. The molecule has 0 atom stereocenters. The first kappa shape index (κ1) is 19.4. The number of imidazole rings is 1. The van der Waals surface area contributed by atoms with E-state index in [1.807, 2.05) is 11.5 Å². The van der Waals surface area contributed by atoms with Gasteiger partial charge in [0.15, 0.2) is 11.2 Å². The van der Waals surface area contributed by atoms with Gasteiger partial charge in [-0.1, -0.05) is 19.8 Å². The van der Waals surface area contributed by atoms with Gasteiger partial charge in [0, 0.05) is 20.1 Å². The Morgan fingerprint density at radius 1 is 1.11 bits per heavy atom. The molecule has 0 bridgehead atoms. The summed E-state index contributed by atoms with van der Waals surface area (Å²) >= 11 is 0. The monoisotopic (exact) mass is 388 g/mol. The predicted molar refractivity (Wildman–Crippen MR) is 108 cm³/mol. The van der Waals surface area contributed by atoms with Gasteiger partial charge in [-0.15, -0.1) is 0 Å². The van der Waals surface area contributed by atoms with E-state index in [1.165, 1.54) is 34.8 Å². The largest absolute Gasteiger partial charge is 0.390 e. The molecule has 7 nitrogen and oxygen atoms in total. The molecule has 0 aliphatic heterocycles. The molecule has 0 saturated heterocycles. The molecule has 0 amide bonds. The van der Waals surface area contributed by atoms with Crippen molar-refractivity contribution in [1.82, 2.24) is 18.7 Å². The van der Waals surface area contributed by atoms with Crippen molar-refractivity contribution in [1.29, 1.82) is 0 Å². The number of aryl methyl sites for hydroxylation is 1. The Hall–Kier alpha value is -1.89. The zero-order valence-electron chi connectivity index (χ0n) is 17.1. The van der Waals surface area contributed by atoms with Crippen molar-refractivity contribution in [2.45, 2.75) is 83.4 Å². The number of fused-ring (bicyclic) bond motifs is 1. The highest BCUT2D eigenvalue weighted by molar-refractivity contribution is 5.69. The van der Waals surface area contributed by atoms with Crippen LogP contribution in [0, 0.1) is 11.8 Å². The van der Waals surface area contributed by atoms with E-state index in [0.717, 1.165) is 38.6 Å². The van der Waals surface area contributed by atoms with Gasteiger partial charge in [-0.3, -0.25) is 13.9 Å². The third-order valence-corrected chi connectivity index (χ3v) is 7.17. The van der Waals surface area contributed by atoms with Crippen molar-refractivity contribution in [2.24, 2.45) is 18.9 Å². The van der Waals surface area contributed by atoms with E-state index >= 15 is 0 Å². The third kappa shape index (κ3) is 3.45. The van der Waals surface area contributed by atoms with Gasteiger partial charge in [-0.25, -0.2) is 9.78 Å². The molecule has 2 heterocycles. The molecule has 2 aliphatic carbocycles. The molecule has 0 spiro atoms. The summed E-state index contributed by atoms with van der Waals surface area (Å²) in [5.41, 5.74) is -0.0519. The molecule has 2 aromatic rings. The van der Waals surface area contributed by atoms with Crippen LogP contribution in [0.15, 0.2) is 15.9 Å². The number of hydrogen-bond acceptors (Lipinski definition) is 4. The molecule has 0 aromatic carbocycles. The van der Waals surface area contributed by atoms with Crippen molar-refractivity contribution in [3.8, 4) is 0 Å². The Morgan fingerprint density at radius 3 is 2.39 bits per heavy atom. The van der Waals surface area contributed by atoms with Crippen molar-refractivity contribution >= 4 is 11.2 Å². The highest BCUT2D eigenvalue weighted by Crippen LogP contribution is 2.34. The summed E-state index contributed by atoms with van der Waals surface area (Å²) in [6.07, 6.45) is 10.6. The van der Waals surface area contributed by atoms with Gasteiger partial charge in [0.25, 0.3) is 5.56 Å². The van der Waals surface area contributed by atoms with E-state index in [1.54, 1.807) is 13.4 Å². The van der Waals surface area contributed by atoms with Crippen LogP contribution in [0.25, 0.3) is 11.2 Å². The highest BCUT2D eigenvalue weighted by Gasteiger charge is 2.32. The fourth-order valence-corrected chi connectivity index (χ4v) is 5.10. The molecule has 2 aromatic heterocycles. The summed E-state index contributed by atoms with van der Waals surface area (Å²) in [4.78, 5) is 30.5. The van der Waals surface area contributed by atoms with Gasteiger partial charge < -0.3 is 9.67 Å². The van der Waals surface area contributed by atoms with Crippen LogP contribution in [-0.2, 0) is 20.1 Å². The summed E-state index contributed by atoms with van der Waals surface area (Å²) < 4.78 is 4.86. The zero-order valence-corrected chi connectivity index (χ0v) is 17.1. The molecular formula is C21H32N4O3. The van der Waals surface area contributed by atoms with Gasteiger partial charge in [-0.2, -0.15) is 0 Å². The number of hydrogen-bond donors (Lipinski definition) is 1.